The first-order valence-corrected chi connectivity index (χ1v) is 7.94. The number of hydrogen-bond acceptors (Lipinski definition) is 6. The van der Waals surface area contributed by atoms with E-state index in [4.69, 9.17) is 42.8 Å². The van der Waals surface area contributed by atoms with Crippen LogP contribution in [0.5, 0.6) is 5.75 Å². The van der Waals surface area contributed by atoms with Gasteiger partial charge in [-0.25, -0.2) is 9.59 Å². The van der Waals surface area contributed by atoms with Crippen LogP contribution in [0.1, 0.15) is 22.8 Å². The molecule has 2 aromatic rings. The number of ether oxygens (including phenoxy) is 2. The number of halogens is 2. The molecule has 3 rings (SSSR count). The SMILES string of the molecule is COC(=O)C1=C(N)Oc2cc(C)oc(=O)c2C1c1ccc(Cl)c(Cl)c1. The molecule has 0 bridgehead atoms. The predicted octanol–water partition coefficient (Wildman–Crippen LogP) is 3.12. The van der Waals surface area contributed by atoms with Gasteiger partial charge in [0, 0.05) is 6.07 Å². The molecule has 0 saturated carbocycles. The summed E-state index contributed by atoms with van der Waals surface area (Å²) in [6.45, 7) is 1.61. The fourth-order valence-electron chi connectivity index (χ4n) is 2.75. The second-order valence-electron chi connectivity index (χ2n) is 5.40. The average Bonchev–Trinajstić information content (AvgIpc) is 2.55. The molecule has 1 aliphatic heterocycles. The fraction of sp³-hybridized carbons (Fsp3) is 0.176. The smallest absolute Gasteiger partial charge is 0.343 e. The summed E-state index contributed by atoms with van der Waals surface area (Å²) >= 11 is 12.1. The van der Waals surface area contributed by atoms with E-state index in [1.165, 1.54) is 13.2 Å². The number of carbonyl (C=O) groups excluding carboxylic acids is 1. The van der Waals surface area contributed by atoms with Crippen molar-refractivity contribution in [1.82, 2.24) is 0 Å². The highest BCUT2D eigenvalue weighted by Gasteiger charge is 2.38. The van der Waals surface area contributed by atoms with Crippen LogP contribution in [0.25, 0.3) is 0 Å². The van der Waals surface area contributed by atoms with Crippen molar-refractivity contribution < 1.29 is 18.7 Å². The van der Waals surface area contributed by atoms with E-state index in [-0.39, 0.29) is 27.8 Å². The van der Waals surface area contributed by atoms with Crippen LogP contribution in [0, 0.1) is 6.92 Å². The van der Waals surface area contributed by atoms with Gasteiger partial charge < -0.3 is 19.6 Å². The van der Waals surface area contributed by atoms with E-state index < -0.39 is 17.5 Å². The standard InChI is InChI=1S/C17H13Cl2NO5/c1-7-5-11-13(17(22)24-7)12(8-3-4-9(18)10(19)6-8)14(15(20)25-11)16(21)23-2/h3-6,12H,20H2,1-2H3. The van der Waals surface area contributed by atoms with Crippen molar-refractivity contribution >= 4 is 29.2 Å². The highest BCUT2D eigenvalue weighted by Crippen LogP contribution is 2.42. The molecule has 1 aromatic heterocycles. The van der Waals surface area contributed by atoms with Crippen molar-refractivity contribution in [3.63, 3.8) is 0 Å². The minimum absolute atomic E-state index is 0.00968. The maximum Gasteiger partial charge on any atom is 0.343 e. The molecule has 0 amide bonds. The molecule has 0 aliphatic carbocycles. The number of nitrogens with two attached hydrogens (primary N) is 1. The molecule has 130 valence electrons. The van der Waals surface area contributed by atoms with E-state index in [2.05, 4.69) is 0 Å². The highest BCUT2D eigenvalue weighted by atomic mass is 35.5. The summed E-state index contributed by atoms with van der Waals surface area (Å²) < 4.78 is 15.4. The lowest BCUT2D eigenvalue weighted by molar-refractivity contribution is -0.136. The quantitative estimate of drug-likeness (QED) is 0.803. The van der Waals surface area contributed by atoms with Crippen LogP contribution in [0.2, 0.25) is 10.0 Å². The summed E-state index contributed by atoms with van der Waals surface area (Å²) in [6, 6.07) is 6.29. The van der Waals surface area contributed by atoms with Gasteiger partial charge in [0.1, 0.15) is 17.1 Å². The van der Waals surface area contributed by atoms with Crippen LogP contribution in [-0.2, 0) is 9.53 Å². The zero-order valence-corrected chi connectivity index (χ0v) is 14.8. The molecule has 1 unspecified atom stereocenters. The molecule has 1 aliphatic rings. The Kier molecular flexibility index (Phi) is 4.49. The zero-order chi connectivity index (χ0) is 18.3. The maximum atomic E-state index is 12.5. The summed E-state index contributed by atoms with van der Waals surface area (Å²) in [6.07, 6.45) is 0. The second kappa shape index (κ2) is 6.46. The van der Waals surface area contributed by atoms with Gasteiger partial charge >= 0.3 is 11.6 Å². The summed E-state index contributed by atoms with van der Waals surface area (Å²) in [7, 11) is 1.21. The number of esters is 1. The Labute approximate surface area is 152 Å². The van der Waals surface area contributed by atoms with E-state index in [0.29, 0.717) is 16.3 Å². The fourth-order valence-corrected chi connectivity index (χ4v) is 3.06. The van der Waals surface area contributed by atoms with Crippen molar-refractivity contribution in [2.75, 3.05) is 7.11 Å². The third-order valence-corrected chi connectivity index (χ3v) is 4.56. The van der Waals surface area contributed by atoms with Crippen LogP contribution in [0.3, 0.4) is 0 Å². The van der Waals surface area contributed by atoms with Gasteiger partial charge in [0.05, 0.1) is 28.6 Å². The third kappa shape index (κ3) is 2.99. The van der Waals surface area contributed by atoms with Gasteiger partial charge in [-0.05, 0) is 24.6 Å². The number of benzene rings is 1. The molecule has 8 heteroatoms. The second-order valence-corrected chi connectivity index (χ2v) is 6.21. The summed E-state index contributed by atoms with van der Waals surface area (Å²) in [4.78, 5) is 24.7. The molecular formula is C17H13Cl2NO5. The largest absolute Gasteiger partial charge is 0.465 e. The highest BCUT2D eigenvalue weighted by molar-refractivity contribution is 6.42. The van der Waals surface area contributed by atoms with Crippen LogP contribution < -0.4 is 16.1 Å². The van der Waals surface area contributed by atoms with Gasteiger partial charge in [-0.15, -0.1) is 0 Å². The summed E-state index contributed by atoms with van der Waals surface area (Å²) in [5, 5.41) is 0.608. The number of rotatable bonds is 2. The van der Waals surface area contributed by atoms with Crippen molar-refractivity contribution in [3.05, 3.63) is 73.1 Å². The Morgan fingerprint density at radius 2 is 1.96 bits per heavy atom. The van der Waals surface area contributed by atoms with Crippen molar-refractivity contribution in [3.8, 4) is 5.75 Å². The average molecular weight is 382 g/mol. The number of aryl methyl sites for hydroxylation is 1. The number of hydrogen-bond donors (Lipinski definition) is 1. The van der Waals surface area contributed by atoms with E-state index >= 15 is 0 Å². The van der Waals surface area contributed by atoms with E-state index in [1.807, 2.05) is 0 Å². The normalized spacial score (nSPS) is 16.2. The number of fused-ring (bicyclic) bond motifs is 1. The van der Waals surface area contributed by atoms with E-state index in [0.717, 1.165) is 0 Å². The molecule has 0 radical (unpaired) electrons. The monoisotopic (exact) mass is 381 g/mol. The lowest BCUT2D eigenvalue weighted by Crippen LogP contribution is -2.30. The van der Waals surface area contributed by atoms with Crippen molar-refractivity contribution in [2.24, 2.45) is 5.73 Å². The van der Waals surface area contributed by atoms with E-state index in [9.17, 15) is 9.59 Å². The Morgan fingerprint density at radius 1 is 1.24 bits per heavy atom. The summed E-state index contributed by atoms with van der Waals surface area (Å²) in [5.41, 5.74) is 5.95. The van der Waals surface area contributed by atoms with Crippen LogP contribution in [0.4, 0.5) is 0 Å². The number of methoxy groups -OCH3 is 1. The van der Waals surface area contributed by atoms with Gasteiger partial charge in [-0.2, -0.15) is 0 Å². The van der Waals surface area contributed by atoms with Crippen molar-refractivity contribution in [1.29, 1.82) is 0 Å². The Hall–Kier alpha value is -2.44. The van der Waals surface area contributed by atoms with Crippen LogP contribution in [-0.4, -0.2) is 13.1 Å². The minimum Gasteiger partial charge on any atom is -0.465 e. The van der Waals surface area contributed by atoms with Gasteiger partial charge in [0.2, 0.25) is 5.88 Å². The Bertz CT molecular complexity index is 964. The molecule has 1 atom stereocenters. The lowest BCUT2D eigenvalue weighted by Gasteiger charge is -2.27. The first-order valence-electron chi connectivity index (χ1n) is 7.19. The molecular weight excluding hydrogens is 369 g/mol. The molecule has 6 nitrogen and oxygen atoms in total. The summed E-state index contributed by atoms with van der Waals surface area (Å²) in [5.74, 6) is -1.16. The molecule has 1 aromatic carbocycles. The van der Waals surface area contributed by atoms with Gasteiger partial charge in [0.25, 0.3) is 0 Å². The molecule has 2 heterocycles. The lowest BCUT2D eigenvalue weighted by atomic mass is 9.84. The topological polar surface area (TPSA) is 91.8 Å². The Morgan fingerprint density at radius 3 is 2.60 bits per heavy atom. The van der Waals surface area contributed by atoms with Gasteiger partial charge in [0.15, 0.2) is 0 Å². The maximum absolute atomic E-state index is 12.5. The first kappa shape index (κ1) is 17.4. The van der Waals surface area contributed by atoms with Crippen LogP contribution in [0.15, 0.2) is 44.9 Å². The molecule has 0 spiro atoms. The molecule has 0 fully saturated rings. The van der Waals surface area contributed by atoms with Crippen LogP contribution >= 0.6 is 23.2 Å². The van der Waals surface area contributed by atoms with Crippen molar-refractivity contribution in [2.45, 2.75) is 12.8 Å². The molecule has 25 heavy (non-hydrogen) atoms. The Balaban J connectivity index is 2.32. The number of carbonyl (C=O) groups is 1. The third-order valence-electron chi connectivity index (χ3n) is 3.82. The minimum atomic E-state index is -0.859. The van der Waals surface area contributed by atoms with Gasteiger partial charge in [-0.1, -0.05) is 29.3 Å². The van der Waals surface area contributed by atoms with Gasteiger partial charge in [-0.3, -0.25) is 0 Å². The van der Waals surface area contributed by atoms with E-state index in [1.54, 1.807) is 25.1 Å². The zero-order valence-electron chi connectivity index (χ0n) is 13.3. The predicted molar refractivity (Wildman–Crippen MR) is 91.9 cm³/mol. The molecule has 2 N–H and O–H groups in total. The first-order chi connectivity index (χ1) is 11.8. The molecule has 0 saturated heterocycles.